The van der Waals surface area contributed by atoms with Gasteiger partial charge in [0.25, 0.3) is 0 Å². The van der Waals surface area contributed by atoms with Gasteiger partial charge in [0, 0.05) is 12.0 Å². The van der Waals surface area contributed by atoms with E-state index in [-0.39, 0.29) is 5.41 Å². The fourth-order valence-electron chi connectivity index (χ4n) is 2.32. The van der Waals surface area contributed by atoms with Crippen LogP contribution < -0.4 is 4.74 Å². The van der Waals surface area contributed by atoms with E-state index < -0.39 is 6.10 Å². The van der Waals surface area contributed by atoms with Crippen LogP contribution in [-0.4, -0.2) is 11.7 Å². The van der Waals surface area contributed by atoms with E-state index in [0.717, 1.165) is 30.8 Å². The number of benzene rings is 1. The summed E-state index contributed by atoms with van der Waals surface area (Å²) in [5.41, 5.74) is 2.41. The fraction of sp³-hybridized carbons (Fsp3) is 0.625. The van der Waals surface area contributed by atoms with Crippen LogP contribution >= 0.6 is 0 Å². The van der Waals surface area contributed by atoms with Crippen molar-refractivity contribution in [2.45, 2.75) is 46.6 Å². The molecule has 0 spiro atoms. The molecule has 0 bridgehead atoms. The zero-order valence-electron chi connectivity index (χ0n) is 11.9. The van der Waals surface area contributed by atoms with Crippen molar-refractivity contribution in [3.63, 3.8) is 0 Å². The van der Waals surface area contributed by atoms with E-state index >= 15 is 0 Å². The molecule has 1 aliphatic heterocycles. The molecule has 1 aromatic rings. The second-order valence-corrected chi connectivity index (χ2v) is 6.45. The van der Waals surface area contributed by atoms with Crippen molar-refractivity contribution >= 4 is 0 Å². The summed E-state index contributed by atoms with van der Waals surface area (Å²) < 4.78 is 5.66. The summed E-state index contributed by atoms with van der Waals surface area (Å²) in [5, 5.41) is 10.4. The molecule has 0 saturated heterocycles. The molecule has 2 rings (SSSR count). The van der Waals surface area contributed by atoms with Gasteiger partial charge in [0.15, 0.2) is 0 Å². The van der Waals surface area contributed by atoms with Crippen molar-refractivity contribution in [2.75, 3.05) is 6.61 Å². The van der Waals surface area contributed by atoms with Gasteiger partial charge < -0.3 is 9.84 Å². The zero-order chi connectivity index (χ0) is 13.3. The number of rotatable bonds is 3. The molecule has 2 nitrogen and oxygen atoms in total. The van der Waals surface area contributed by atoms with Crippen LogP contribution in [0.5, 0.6) is 5.75 Å². The van der Waals surface area contributed by atoms with Crippen molar-refractivity contribution < 1.29 is 9.84 Å². The van der Waals surface area contributed by atoms with E-state index in [0.29, 0.717) is 5.92 Å². The van der Waals surface area contributed by atoms with Crippen molar-refractivity contribution in [3.8, 4) is 5.75 Å². The molecule has 1 aromatic carbocycles. The quantitative estimate of drug-likeness (QED) is 0.883. The topological polar surface area (TPSA) is 29.5 Å². The molecule has 0 aromatic heterocycles. The lowest BCUT2D eigenvalue weighted by atomic mass is 9.78. The van der Waals surface area contributed by atoms with Crippen LogP contribution in [-0.2, 0) is 6.42 Å². The third-order valence-corrected chi connectivity index (χ3v) is 4.16. The Morgan fingerprint density at radius 3 is 2.72 bits per heavy atom. The van der Waals surface area contributed by atoms with Gasteiger partial charge in [0.1, 0.15) is 5.75 Å². The zero-order valence-corrected chi connectivity index (χ0v) is 11.9. The Morgan fingerprint density at radius 1 is 1.33 bits per heavy atom. The first-order chi connectivity index (χ1) is 8.39. The summed E-state index contributed by atoms with van der Waals surface area (Å²) in [7, 11) is 0. The predicted molar refractivity (Wildman–Crippen MR) is 73.8 cm³/mol. The lowest BCUT2D eigenvalue weighted by molar-refractivity contribution is 0.108. The highest BCUT2D eigenvalue weighted by Crippen LogP contribution is 2.38. The molecule has 0 aliphatic carbocycles. The number of para-hydroxylation sites is 1. The lowest BCUT2D eigenvalue weighted by Gasteiger charge is -2.29. The molecule has 2 atom stereocenters. The van der Waals surface area contributed by atoms with E-state index in [2.05, 4.69) is 33.8 Å². The van der Waals surface area contributed by atoms with Crippen LogP contribution in [0.25, 0.3) is 0 Å². The maximum Gasteiger partial charge on any atom is 0.128 e. The minimum atomic E-state index is -0.424. The monoisotopic (exact) mass is 248 g/mol. The molecule has 1 N–H and O–H groups in total. The van der Waals surface area contributed by atoms with Gasteiger partial charge >= 0.3 is 0 Å². The summed E-state index contributed by atoms with van der Waals surface area (Å²) >= 11 is 0. The summed E-state index contributed by atoms with van der Waals surface area (Å²) in [4.78, 5) is 0. The number of hydrogen-bond acceptors (Lipinski definition) is 2. The van der Waals surface area contributed by atoms with Gasteiger partial charge in [-0.3, -0.25) is 0 Å². The highest BCUT2D eigenvalue weighted by molar-refractivity contribution is 5.45. The van der Waals surface area contributed by atoms with Gasteiger partial charge in [-0.1, -0.05) is 45.9 Å². The summed E-state index contributed by atoms with van der Waals surface area (Å²) in [5.74, 6) is 1.39. The van der Waals surface area contributed by atoms with Crippen LogP contribution in [0, 0.1) is 11.3 Å². The van der Waals surface area contributed by atoms with E-state index in [1.54, 1.807) is 0 Å². The lowest BCUT2D eigenvalue weighted by Crippen LogP contribution is -2.20. The number of hydrogen-bond donors (Lipinski definition) is 1. The second kappa shape index (κ2) is 4.93. The highest BCUT2D eigenvalue weighted by atomic mass is 16.5. The number of ether oxygens (including phenoxy) is 1. The second-order valence-electron chi connectivity index (χ2n) is 6.45. The van der Waals surface area contributed by atoms with E-state index in [1.165, 1.54) is 5.56 Å². The first-order valence-electron chi connectivity index (χ1n) is 6.82. The van der Waals surface area contributed by atoms with Crippen molar-refractivity contribution in [1.29, 1.82) is 0 Å². The Balaban J connectivity index is 2.15. The molecule has 18 heavy (non-hydrogen) atoms. The van der Waals surface area contributed by atoms with Crippen molar-refractivity contribution in [2.24, 2.45) is 11.3 Å². The van der Waals surface area contributed by atoms with Crippen LogP contribution in [0.15, 0.2) is 18.2 Å². The normalized spacial score (nSPS) is 18.1. The predicted octanol–water partition coefficient (Wildman–Crippen LogP) is 3.73. The molecule has 0 amide bonds. The summed E-state index contributed by atoms with van der Waals surface area (Å²) in [6.45, 7) is 9.60. The van der Waals surface area contributed by atoms with Gasteiger partial charge in [-0.15, -0.1) is 0 Å². The van der Waals surface area contributed by atoms with Crippen molar-refractivity contribution in [1.82, 2.24) is 0 Å². The van der Waals surface area contributed by atoms with Crippen LogP contribution in [0.1, 0.15) is 51.3 Å². The Morgan fingerprint density at radius 2 is 2.06 bits per heavy atom. The van der Waals surface area contributed by atoms with Gasteiger partial charge in [-0.25, -0.2) is 0 Å². The molecule has 1 aliphatic rings. The molecule has 2 unspecified atom stereocenters. The molecule has 0 saturated carbocycles. The first-order valence-corrected chi connectivity index (χ1v) is 6.82. The van der Waals surface area contributed by atoms with Gasteiger partial charge in [-0.2, -0.15) is 0 Å². The highest BCUT2D eigenvalue weighted by Gasteiger charge is 2.26. The maximum atomic E-state index is 10.4. The molecule has 100 valence electrons. The van der Waals surface area contributed by atoms with Crippen molar-refractivity contribution in [3.05, 3.63) is 29.3 Å². The first kappa shape index (κ1) is 13.4. The Labute approximate surface area is 110 Å². The van der Waals surface area contributed by atoms with E-state index in [9.17, 15) is 5.11 Å². The average molecular weight is 248 g/mol. The summed E-state index contributed by atoms with van der Waals surface area (Å²) in [6.07, 6.45) is 1.32. The van der Waals surface area contributed by atoms with Crippen LogP contribution in [0.4, 0.5) is 0 Å². The molecule has 0 fully saturated rings. The molecule has 1 heterocycles. The Kier molecular flexibility index (Phi) is 3.67. The number of aliphatic hydroxyl groups is 1. The van der Waals surface area contributed by atoms with E-state index in [4.69, 9.17) is 4.74 Å². The summed E-state index contributed by atoms with van der Waals surface area (Å²) in [6, 6.07) is 6.10. The smallest absolute Gasteiger partial charge is 0.128 e. The molecule has 2 heteroatoms. The molecule has 0 radical (unpaired) electrons. The maximum absolute atomic E-state index is 10.4. The Bertz CT molecular complexity index is 418. The number of fused-ring (bicyclic) bond motifs is 1. The van der Waals surface area contributed by atoms with Crippen LogP contribution in [0.2, 0.25) is 0 Å². The standard InChI is InChI=1S/C16H24O2/c1-11(16(2,3)4)10-14(17)13-7-5-6-12-8-9-18-15(12)13/h5-7,11,14,17H,8-10H2,1-4H3. The minimum Gasteiger partial charge on any atom is -0.493 e. The Hall–Kier alpha value is -1.02. The van der Waals surface area contributed by atoms with Crippen LogP contribution in [0.3, 0.4) is 0 Å². The van der Waals surface area contributed by atoms with E-state index in [1.807, 2.05) is 12.1 Å². The van der Waals surface area contributed by atoms with Gasteiger partial charge in [0.2, 0.25) is 0 Å². The molecular formula is C16H24O2. The third-order valence-electron chi connectivity index (χ3n) is 4.16. The average Bonchev–Trinajstić information content (AvgIpc) is 2.74. The largest absolute Gasteiger partial charge is 0.493 e. The van der Waals surface area contributed by atoms with Gasteiger partial charge in [-0.05, 0) is 23.3 Å². The fourth-order valence-corrected chi connectivity index (χ4v) is 2.32. The molecular weight excluding hydrogens is 224 g/mol. The number of aliphatic hydroxyl groups excluding tert-OH is 1. The SMILES string of the molecule is CC(CC(O)c1cccc2c1OCC2)C(C)(C)C. The van der Waals surface area contributed by atoms with Gasteiger partial charge in [0.05, 0.1) is 12.7 Å². The minimum absolute atomic E-state index is 0.222. The third kappa shape index (κ3) is 2.69.